The number of hydrogen-bond acceptors (Lipinski definition) is 5. The molecule has 7 heteroatoms. The second kappa shape index (κ2) is 9.63. The second-order valence-electron chi connectivity index (χ2n) is 9.54. The molecule has 0 saturated carbocycles. The number of rotatable bonds is 7. The zero-order valence-electron chi connectivity index (χ0n) is 20.3. The topological polar surface area (TPSA) is 98.2 Å². The Bertz CT molecular complexity index is 1350. The number of benzene rings is 2. The van der Waals surface area contributed by atoms with Crippen molar-refractivity contribution in [1.29, 1.82) is 0 Å². The summed E-state index contributed by atoms with van der Waals surface area (Å²) >= 11 is 0. The van der Waals surface area contributed by atoms with Crippen LogP contribution in [0.5, 0.6) is 0 Å². The van der Waals surface area contributed by atoms with E-state index in [2.05, 4.69) is 50.2 Å². The van der Waals surface area contributed by atoms with Crippen molar-refractivity contribution in [3.63, 3.8) is 0 Å². The predicted octanol–water partition coefficient (Wildman–Crippen LogP) is 5.27. The van der Waals surface area contributed by atoms with Gasteiger partial charge < -0.3 is 11.1 Å². The van der Waals surface area contributed by atoms with Crippen LogP contribution in [0.25, 0.3) is 22.2 Å². The Kier molecular flexibility index (Phi) is 6.63. The highest BCUT2D eigenvalue weighted by molar-refractivity contribution is 6.10. The molecule has 0 fully saturated rings. The van der Waals surface area contributed by atoms with E-state index in [9.17, 15) is 4.79 Å². The number of nitrogens with two attached hydrogens (primary N) is 1. The normalized spacial score (nSPS) is 12.1. The third kappa shape index (κ3) is 4.78. The van der Waals surface area contributed by atoms with Crippen LogP contribution >= 0.6 is 0 Å². The molecule has 0 radical (unpaired) electrons. The summed E-state index contributed by atoms with van der Waals surface area (Å²) in [7, 11) is 0. The standard InChI is InChI=1S/C27H32N6O/c1-5-6-9-16-29-26(34)22-23-25(32-21-11-8-7-10-20(21)31-23)33(24(22)28)30-17-18-12-14-19(15-13-18)27(2,3)4/h7-8,10-15,17H,5-6,9,16,28H2,1-4H3,(H,29,34)/b30-17-. The predicted molar refractivity (Wildman–Crippen MR) is 139 cm³/mol. The van der Waals surface area contributed by atoms with Gasteiger partial charge in [0.2, 0.25) is 0 Å². The van der Waals surface area contributed by atoms with Gasteiger partial charge in [0.1, 0.15) is 16.9 Å². The first kappa shape index (κ1) is 23.4. The molecule has 0 aliphatic heterocycles. The highest BCUT2D eigenvalue weighted by atomic mass is 16.1. The minimum atomic E-state index is -0.258. The van der Waals surface area contributed by atoms with Crippen molar-refractivity contribution in [3.8, 4) is 0 Å². The number of aromatic nitrogens is 3. The molecule has 34 heavy (non-hydrogen) atoms. The molecule has 0 atom stereocenters. The average Bonchev–Trinajstić information content (AvgIpc) is 3.08. The average molecular weight is 457 g/mol. The SMILES string of the molecule is CCCCCNC(=O)c1c(N)n(/N=C\c2ccc(C(C)(C)C)cc2)c2nc3ccccc3nc12. The Balaban J connectivity index is 1.76. The molecule has 2 aromatic carbocycles. The van der Waals surface area contributed by atoms with E-state index >= 15 is 0 Å². The number of para-hydroxylation sites is 2. The molecule has 176 valence electrons. The van der Waals surface area contributed by atoms with Gasteiger partial charge in [-0.1, -0.05) is 76.9 Å². The molecule has 0 saturated heterocycles. The van der Waals surface area contributed by atoms with E-state index in [0.29, 0.717) is 34.3 Å². The zero-order valence-corrected chi connectivity index (χ0v) is 20.3. The number of carbonyl (C=O) groups is 1. The van der Waals surface area contributed by atoms with E-state index in [4.69, 9.17) is 15.7 Å². The summed E-state index contributed by atoms with van der Waals surface area (Å²) in [5.74, 6) is -0.0347. The molecule has 1 amide bonds. The van der Waals surface area contributed by atoms with Gasteiger partial charge in [-0.15, -0.1) is 0 Å². The largest absolute Gasteiger partial charge is 0.383 e. The maximum atomic E-state index is 13.1. The van der Waals surface area contributed by atoms with Crippen LogP contribution in [-0.4, -0.2) is 33.3 Å². The van der Waals surface area contributed by atoms with E-state index in [1.165, 1.54) is 10.2 Å². The number of anilines is 1. The van der Waals surface area contributed by atoms with Gasteiger partial charge in [0, 0.05) is 6.54 Å². The smallest absolute Gasteiger partial charge is 0.257 e. The lowest BCUT2D eigenvalue weighted by molar-refractivity contribution is 0.0955. The monoisotopic (exact) mass is 456 g/mol. The number of hydrogen-bond donors (Lipinski definition) is 2. The van der Waals surface area contributed by atoms with Crippen LogP contribution < -0.4 is 11.1 Å². The Morgan fingerprint density at radius 2 is 1.74 bits per heavy atom. The summed E-state index contributed by atoms with van der Waals surface area (Å²) in [6, 6.07) is 15.8. The third-order valence-corrected chi connectivity index (χ3v) is 5.87. The first-order valence-corrected chi connectivity index (χ1v) is 11.8. The highest BCUT2D eigenvalue weighted by Crippen LogP contribution is 2.28. The van der Waals surface area contributed by atoms with Crippen LogP contribution in [-0.2, 0) is 5.41 Å². The fourth-order valence-electron chi connectivity index (χ4n) is 3.85. The Hall–Kier alpha value is -3.74. The molecule has 4 rings (SSSR count). The molecular weight excluding hydrogens is 424 g/mol. The lowest BCUT2D eigenvalue weighted by Gasteiger charge is -2.18. The van der Waals surface area contributed by atoms with Crippen LogP contribution in [0.1, 0.15) is 68.4 Å². The third-order valence-electron chi connectivity index (χ3n) is 5.87. The number of carbonyl (C=O) groups excluding carboxylic acids is 1. The van der Waals surface area contributed by atoms with Crippen LogP contribution in [0, 0.1) is 0 Å². The Morgan fingerprint density at radius 3 is 2.38 bits per heavy atom. The molecule has 2 aromatic heterocycles. The Morgan fingerprint density at radius 1 is 1.06 bits per heavy atom. The molecule has 2 heterocycles. The van der Waals surface area contributed by atoms with Crippen LogP contribution in [0.4, 0.5) is 5.82 Å². The first-order valence-electron chi connectivity index (χ1n) is 11.8. The van der Waals surface area contributed by atoms with Crippen molar-refractivity contribution in [2.75, 3.05) is 12.3 Å². The van der Waals surface area contributed by atoms with Crippen molar-refractivity contribution >= 4 is 40.1 Å². The summed E-state index contributed by atoms with van der Waals surface area (Å²) in [4.78, 5) is 22.5. The van der Waals surface area contributed by atoms with Crippen molar-refractivity contribution in [2.24, 2.45) is 5.10 Å². The summed E-state index contributed by atoms with van der Waals surface area (Å²) in [5.41, 5.74) is 11.3. The molecule has 0 aliphatic rings. The number of unbranched alkanes of at least 4 members (excludes halogenated alkanes) is 2. The van der Waals surface area contributed by atoms with Crippen molar-refractivity contribution in [3.05, 3.63) is 65.2 Å². The maximum absolute atomic E-state index is 13.1. The zero-order chi connectivity index (χ0) is 24.3. The van der Waals surface area contributed by atoms with Crippen molar-refractivity contribution in [1.82, 2.24) is 20.0 Å². The van der Waals surface area contributed by atoms with Gasteiger partial charge in [-0.3, -0.25) is 4.79 Å². The summed E-state index contributed by atoms with van der Waals surface area (Å²) in [6.07, 6.45) is 4.78. The molecule has 0 spiro atoms. The fraction of sp³-hybridized carbons (Fsp3) is 0.333. The molecule has 0 unspecified atom stereocenters. The highest BCUT2D eigenvalue weighted by Gasteiger charge is 2.24. The number of nitrogens with one attached hydrogen (secondary N) is 1. The fourth-order valence-corrected chi connectivity index (χ4v) is 3.85. The van der Waals surface area contributed by atoms with Gasteiger partial charge in [0.05, 0.1) is 17.2 Å². The van der Waals surface area contributed by atoms with Crippen molar-refractivity contribution in [2.45, 2.75) is 52.4 Å². The molecule has 3 N–H and O–H groups in total. The number of amides is 1. The number of fused-ring (bicyclic) bond motifs is 2. The van der Waals surface area contributed by atoms with Gasteiger partial charge in [-0.05, 0) is 35.1 Å². The Labute approximate surface area is 200 Å². The van der Waals surface area contributed by atoms with Gasteiger partial charge in [0.25, 0.3) is 5.91 Å². The van der Waals surface area contributed by atoms with Crippen LogP contribution in [0.3, 0.4) is 0 Å². The molecular formula is C27H32N6O. The molecule has 0 bridgehead atoms. The van der Waals surface area contributed by atoms with Crippen LogP contribution in [0.15, 0.2) is 53.6 Å². The quantitative estimate of drug-likeness (QED) is 0.292. The molecule has 7 nitrogen and oxygen atoms in total. The molecule has 0 aliphatic carbocycles. The lowest BCUT2D eigenvalue weighted by Crippen LogP contribution is -2.25. The first-order chi connectivity index (χ1) is 16.3. The van der Waals surface area contributed by atoms with Crippen molar-refractivity contribution < 1.29 is 4.79 Å². The van der Waals surface area contributed by atoms with E-state index in [0.717, 1.165) is 24.8 Å². The minimum Gasteiger partial charge on any atom is -0.383 e. The summed E-state index contributed by atoms with van der Waals surface area (Å²) in [6.45, 7) is 9.26. The van der Waals surface area contributed by atoms with Gasteiger partial charge in [-0.25, -0.2) is 9.97 Å². The number of nitrogens with zero attached hydrogens (tertiary/aromatic N) is 4. The molecule has 4 aromatic rings. The van der Waals surface area contributed by atoms with E-state index in [1.54, 1.807) is 6.21 Å². The van der Waals surface area contributed by atoms with Gasteiger partial charge in [0.15, 0.2) is 5.65 Å². The summed E-state index contributed by atoms with van der Waals surface area (Å²) in [5, 5.41) is 7.57. The second-order valence-corrected chi connectivity index (χ2v) is 9.54. The van der Waals surface area contributed by atoms with Gasteiger partial charge in [-0.2, -0.15) is 9.78 Å². The van der Waals surface area contributed by atoms with Gasteiger partial charge >= 0.3 is 0 Å². The van der Waals surface area contributed by atoms with E-state index in [-0.39, 0.29) is 17.1 Å². The lowest BCUT2D eigenvalue weighted by atomic mass is 9.87. The maximum Gasteiger partial charge on any atom is 0.257 e. The minimum absolute atomic E-state index is 0.0762. The van der Waals surface area contributed by atoms with E-state index in [1.807, 2.05) is 36.4 Å². The summed E-state index contributed by atoms with van der Waals surface area (Å²) < 4.78 is 1.51. The van der Waals surface area contributed by atoms with Crippen LogP contribution in [0.2, 0.25) is 0 Å². The van der Waals surface area contributed by atoms with E-state index < -0.39 is 0 Å². The number of nitrogen functional groups attached to an aromatic ring is 1.